The van der Waals surface area contributed by atoms with Crippen molar-refractivity contribution < 1.29 is 9.13 Å². The van der Waals surface area contributed by atoms with Crippen LogP contribution in [0.15, 0.2) is 53.9 Å². The average Bonchev–Trinajstić information content (AvgIpc) is 3.23. The van der Waals surface area contributed by atoms with Crippen LogP contribution in [0.25, 0.3) is 27.5 Å². The van der Waals surface area contributed by atoms with E-state index in [1.54, 1.807) is 19.2 Å². The number of imidazole rings is 1. The predicted octanol–water partition coefficient (Wildman–Crippen LogP) is 4.94. The van der Waals surface area contributed by atoms with Gasteiger partial charge in [-0.2, -0.15) is 5.26 Å². The first kappa shape index (κ1) is 16.3. The number of hydrogen-bond acceptors (Lipinski definition) is 4. The number of halogens is 1. The van der Waals surface area contributed by atoms with Gasteiger partial charge in [-0.05, 0) is 42.0 Å². The molecule has 0 unspecified atom stereocenters. The number of methoxy groups -OCH3 is 1. The SMILES string of the molecule is COc1ccccc1-c1nc2scc(-c3ccc(F)cc3)n2c1CC#N. The summed E-state index contributed by atoms with van der Waals surface area (Å²) >= 11 is 1.49. The minimum atomic E-state index is -0.280. The molecule has 26 heavy (non-hydrogen) atoms. The lowest BCUT2D eigenvalue weighted by atomic mass is 10.1. The molecule has 128 valence electrons. The molecule has 0 spiro atoms. The van der Waals surface area contributed by atoms with E-state index >= 15 is 0 Å². The molecule has 0 bridgehead atoms. The van der Waals surface area contributed by atoms with Crippen molar-refractivity contribution in [2.24, 2.45) is 0 Å². The number of nitrogens with zero attached hydrogens (tertiary/aromatic N) is 3. The summed E-state index contributed by atoms with van der Waals surface area (Å²) in [6.07, 6.45) is 0.208. The number of rotatable bonds is 4. The van der Waals surface area contributed by atoms with Crippen LogP contribution in [0.5, 0.6) is 5.75 Å². The van der Waals surface area contributed by atoms with Crippen LogP contribution in [0.4, 0.5) is 4.39 Å². The van der Waals surface area contributed by atoms with Crippen molar-refractivity contribution in [3.05, 3.63) is 65.4 Å². The first-order chi connectivity index (χ1) is 12.7. The summed E-state index contributed by atoms with van der Waals surface area (Å²) in [7, 11) is 1.62. The van der Waals surface area contributed by atoms with Gasteiger partial charge < -0.3 is 4.74 Å². The van der Waals surface area contributed by atoms with Crippen molar-refractivity contribution in [3.63, 3.8) is 0 Å². The van der Waals surface area contributed by atoms with E-state index in [-0.39, 0.29) is 12.2 Å². The van der Waals surface area contributed by atoms with Gasteiger partial charge in [-0.1, -0.05) is 12.1 Å². The van der Waals surface area contributed by atoms with Gasteiger partial charge >= 0.3 is 0 Å². The number of benzene rings is 2. The van der Waals surface area contributed by atoms with Crippen LogP contribution >= 0.6 is 11.3 Å². The molecule has 2 heterocycles. The molecule has 0 N–H and O–H groups in total. The van der Waals surface area contributed by atoms with Crippen molar-refractivity contribution in [1.29, 1.82) is 5.26 Å². The van der Waals surface area contributed by atoms with E-state index in [0.29, 0.717) is 5.75 Å². The Morgan fingerprint density at radius 1 is 1.19 bits per heavy atom. The molecule has 0 saturated heterocycles. The minimum absolute atomic E-state index is 0.208. The maximum absolute atomic E-state index is 13.3. The normalized spacial score (nSPS) is 10.8. The highest BCUT2D eigenvalue weighted by molar-refractivity contribution is 7.15. The van der Waals surface area contributed by atoms with Crippen molar-refractivity contribution >= 4 is 16.3 Å². The largest absolute Gasteiger partial charge is 0.496 e. The van der Waals surface area contributed by atoms with Crippen LogP contribution < -0.4 is 4.74 Å². The van der Waals surface area contributed by atoms with Gasteiger partial charge in [-0.15, -0.1) is 11.3 Å². The number of fused-ring (bicyclic) bond motifs is 1. The molecule has 0 fully saturated rings. The molecule has 0 aliphatic carbocycles. The Balaban J connectivity index is 1.98. The van der Waals surface area contributed by atoms with E-state index in [2.05, 4.69) is 6.07 Å². The number of ether oxygens (including phenoxy) is 1. The molecule has 2 aromatic heterocycles. The highest BCUT2D eigenvalue weighted by Gasteiger charge is 2.20. The summed E-state index contributed by atoms with van der Waals surface area (Å²) in [5, 5.41) is 11.3. The van der Waals surface area contributed by atoms with Crippen molar-refractivity contribution in [2.45, 2.75) is 6.42 Å². The van der Waals surface area contributed by atoms with Gasteiger partial charge in [0.2, 0.25) is 0 Å². The van der Waals surface area contributed by atoms with E-state index in [1.807, 2.05) is 34.0 Å². The Labute approximate surface area is 153 Å². The fraction of sp³-hybridized carbons (Fsp3) is 0.100. The first-order valence-corrected chi connectivity index (χ1v) is 8.86. The van der Waals surface area contributed by atoms with E-state index in [9.17, 15) is 9.65 Å². The standard InChI is InChI=1S/C20H14FN3OS/c1-25-18-5-3-2-4-15(18)19-16(10-11-22)24-17(12-26-20(24)23-19)13-6-8-14(21)9-7-13/h2-9,12H,10H2,1H3. The Bertz CT molecular complexity index is 1120. The molecule has 0 aliphatic heterocycles. The maximum atomic E-state index is 13.3. The van der Waals surface area contributed by atoms with Crippen LogP contribution in [0, 0.1) is 17.1 Å². The maximum Gasteiger partial charge on any atom is 0.195 e. The summed E-state index contributed by atoms with van der Waals surface area (Å²) < 4.78 is 20.7. The third-order valence-corrected chi connectivity index (χ3v) is 5.03. The smallest absolute Gasteiger partial charge is 0.195 e. The highest BCUT2D eigenvalue weighted by atomic mass is 32.1. The van der Waals surface area contributed by atoms with Crippen LogP contribution in [-0.2, 0) is 6.42 Å². The summed E-state index contributed by atoms with van der Waals surface area (Å²) in [6.45, 7) is 0. The Kier molecular flexibility index (Phi) is 4.15. The minimum Gasteiger partial charge on any atom is -0.496 e. The van der Waals surface area contributed by atoms with E-state index in [4.69, 9.17) is 9.72 Å². The van der Waals surface area contributed by atoms with Gasteiger partial charge in [0.15, 0.2) is 4.96 Å². The molecule has 4 aromatic rings. The molecule has 0 radical (unpaired) electrons. The number of aromatic nitrogens is 2. The number of nitriles is 1. The Morgan fingerprint density at radius 2 is 1.96 bits per heavy atom. The zero-order valence-corrected chi connectivity index (χ0v) is 14.8. The van der Waals surface area contributed by atoms with Gasteiger partial charge in [0, 0.05) is 10.9 Å². The molecule has 4 rings (SSSR count). The second-order valence-electron chi connectivity index (χ2n) is 5.69. The lowest BCUT2D eigenvalue weighted by molar-refractivity contribution is 0.416. The predicted molar refractivity (Wildman–Crippen MR) is 99.8 cm³/mol. The van der Waals surface area contributed by atoms with Gasteiger partial charge in [0.25, 0.3) is 0 Å². The van der Waals surface area contributed by atoms with E-state index in [1.165, 1.54) is 23.5 Å². The van der Waals surface area contributed by atoms with Crippen LogP contribution in [-0.4, -0.2) is 16.5 Å². The zero-order chi connectivity index (χ0) is 18.1. The molecule has 0 atom stereocenters. The Morgan fingerprint density at radius 3 is 2.69 bits per heavy atom. The van der Waals surface area contributed by atoms with Crippen molar-refractivity contribution in [1.82, 2.24) is 9.38 Å². The quantitative estimate of drug-likeness (QED) is 0.516. The first-order valence-electron chi connectivity index (χ1n) is 7.98. The topological polar surface area (TPSA) is 50.3 Å². The lowest BCUT2D eigenvalue weighted by Crippen LogP contribution is -1.96. The zero-order valence-electron chi connectivity index (χ0n) is 13.9. The molecule has 2 aromatic carbocycles. The van der Waals surface area contributed by atoms with Crippen LogP contribution in [0.1, 0.15) is 5.69 Å². The molecule has 0 saturated carbocycles. The van der Waals surface area contributed by atoms with Gasteiger partial charge in [0.05, 0.1) is 36.7 Å². The lowest BCUT2D eigenvalue weighted by Gasteiger charge is -2.08. The van der Waals surface area contributed by atoms with Gasteiger partial charge in [-0.3, -0.25) is 4.40 Å². The number of hydrogen-bond donors (Lipinski definition) is 0. The molecule has 0 amide bonds. The molecule has 0 aliphatic rings. The number of para-hydroxylation sites is 1. The third-order valence-electron chi connectivity index (χ3n) is 4.21. The molecule has 6 heteroatoms. The van der Waals surface area contributed by atoms with Gasteiger partial charge in [-0.25, -0.2) is 9.37 Å². The fourth-order valence-corrected chi connectivity index (χ4v) is 3.95. The second-order valence-corrected chi connectivity index (χ2v) is 6.52. The summed E-state index contributed by atoms with van der Waals surface area (Å²) in [4.78, 5) is 5.54. The van der Waals surface area contributed by atoms with E-state index < -0.39 is 0 Å². The molecular formula is C20H14FN3OS. The Hall–Kier alpha value is -3.17. The summed E-state index contributed by atoms with van der Waals surface area (Å²) in [5.41, 5.74) is 4.15. The van der Waals surface area contributed by atoms with Crippen molar-refractivity contribution in [2.75, 3.05) is 7.11 Å². The summed E-state index contributed by atoms with van der Waals surface area (Å²) in [6, 6.07) is 16.2. The number of thiazole rings is 1. The van der Waals surface area contributed by atoms with E-state index in [0.717, 1.165) is 33.2 Å². The monoisotopic (exact) mass is 363 g/mol. The van der Waals surface area contributed by atoms with Crippen LogP contribution in [0.3, 0.4) is 0 Å². The third kappa shape index (κ3) is 2.63. The second kappa shape index (κ2) is 6.62. The molecular weight excluding hydrogens is 349 g/mol. The molecule has 4 nitrogen and oxygen atoms in total. The highest BCUT2D eigenvalue weighted by Crippen LogP contribution is 2.36. The van der Waals surface area contributed by atoms with Crippen LogP contribution in [0.2, 0.25) is 0 Å². The fourth-order valence-electron chi connectivity index (χ4n) is 3.03. The summed E-state index contributed by atoms with van der Waals surface area (Å²) in [5.74, 6) is 0.429. The van der Waals surface area contributed by atoms with Gasteiger partial charge in [0.1, 0.15) is 11.6 Å². The average molecular weight is 363 g/mol. The van der Waals surface area contributed by atoms with Crippen molar-refractivity contribution in [3.8, 4) is 34.3 Å².